The Labute approximate surface area is 155 Å². The van der Waals surface area contributed by atoms with Crippen LogP contribution in [0.25, 0.3) is 0 Å². The molecule has 6 nitrogen and oxygen atoms in total. The number of hydrogen-bond acceptors (Lipinski definition) is 4. The molecule has 0 unspecified atom stereocenters. The lowest BCUT2D eigenvalue weighted by molar-refractivity contribution is 0.574. The number of nitrogens with zero attached hydrogens (tertiary/aromatic N) is 1. The van der Waals surface area contributed by atoms with Crippen molar-refractivity contribution in [2.75, 3.05) is 21.3 Å². The van der Waals surface area contributed by atoms with Gasteiger partial charge in [-0.2, -0.15) is 0 Å². The molecule has 0 aromatic heterocycles. The highest BCUT2D eigenvalue weighted by atomic mass is 32.2. The van der Waals surface area contributed by atoms with Crippen LogP contribution in [0.5, 0.6) is 0 Å². The average molecular weight is 395 g/mol. The Balaban J connectivity index is 1.72. The van der Waals surface area contributed by atoms with Crippen molar-refractivity contribution in [1.29, 1.82) is 0 Å². The largest absolute Gasteiger partial charge is 0.283 e. The monoisotopic (exact) mass is 394 g/mol. The molecule has 0 spiro atoms. The van der Waals surface area contributed by atoms with E-state index >= 15 is 0 Å². The second-order valence-electron chi connectivity index (χ2n) is 6.49. The first kappa shape index (κ1) is 18.7. The Morgan fingerprint density at radius 2 is 1.81 bits per heavy atom. The molecule has 8 heteroatoms. The molecule has 0 bridgehead atoms. The molecule has 2 aromatic rings. The maximum absolute atomic E-state index is 12.4. The van der Waals surface area contributed by atoms with Crippen molar-refractivity contribution < 1.29 is 16.8 Å². The van der Waals surface area contributed by atoms with Gasteiger partial charge in [-0.1, -0.05) is 29.8 Å². The summed E-state index contributed by atoms with van der Waals surface area (Å²) >= 11 is 0. The summed E-state index contributed by atoms with van der Waals surface area (Å²) in [6.07, 6.45) is 1.50. The summed E-state index contributed by atoms with van der Waals surface area (Å²) in [5.74, 6) is 0.0365. The van der Waals surface area contributed by atoms with Crippen LogP contribution in [0.3, 0.4) is 0 Å². The molecule has 0 amide bonds. The predicted octanol–water partition coefficient (Wildman–Crippen LogP) is 2.87. The summed E-state index contributed by atoms with van der Waals surface area (Å²) in [6, 6.07) is 13.8. The number of aryl methyl sites for hydroxylation is 1. The van der Waals surface area contributed by atoms with Crippen molar-refractivity contribution in [3.05, 3.63) is 59.7 Å². The van der Waals surface area contributed by atoms with Crippen molar-refractivity contribution in [3.8, 4) is 0 Å². The molecule has 26 heavy (non-hydrogen) atoms. The third-order valence-electron chi connectivity index (χ3n) is 4.22. The van der Waals surface area contributed by atoms with Crippen LogP contribution in [0.4, 0.5) is 11.4 Å². The maximum atomic E-state index is 12.4. The Kier molecular flexibility index (Phi) is 5.24. The first-order chi connectivity index (χ1) is 12.3. The summed E-state index contributed by atoms with van der Waals surface area (Å²) in [6.45, 7) is 2.37. The fourth-order valence-corrected chi connectivity index (χ4v) is 5.84. The van der Waals surface area contributed by atoms with Gasteiger partial charge in [0.05, 0.1) is 17.2 Å². The second-order valence-corrected chi connectivity index (χ2v) is 10.2. The number of rotatable bonds is 5. The van der Waals surface area contributed by atoms with Gasteiger partial charge in [0.1, 0.15) is 0 Å². The Morgan fingerprint density at radius 3 is 2.46 bits per heavy atom. The van der Waals surface area contributed by atoms with Crippen molar-refractivity contribution in [2.45, 2.75) is 25.5 Å². The van der Waals surface area contributed by atoms with E-state index in [0.717, 1.165) is 12.0 Å². The van der Waals surface area contributed by atoms with Gasteiger partial charge < -0.3 is 0 Å². The summed E-state index contributed by atoms with van der Waals surface area (Å²) in [5.41, 5.74) is 2.69. The van der Waals surface area contributed by atoms with Crippen molar-refractivity contribution in [2.24, 2.45) is 0 Å². The smallest absolute Gasteiger partial charge is 0.236 e. The molecular weight excluding hydrogens is 372 g/mol. The van der Waals surface area contributed by atoms with E-state index in [1.165, 1.54) is 4.31 Å². The zero-order chi connectivity index (χ0) is 18.8. The SMILES string of the molecule is Cc1cccc(CS(=O)(=O)Nc2ccc(N3CCCCS3(=O)=O)cc2)c1. The van der Waals surface area contributed by atoms with Crippen molar-refractivity contribution in [1.82, 2.24) is 0 Å². The summed E-state index contributed by atoms with van der Waals surface area (Å²) in [7, 11) is -6.82. The molecule has 1 aliphatic heterocycles. The summed E-state index contributed by atoms with van der Waals surface area (Å²) in [4.78, 5) is 0. The van der Waals surface area contributed by atoms with Gasteiger partial charge in [-0.15, -0.1) is 0 Å². The number of sulfonamides is 2. The molecule has 3 rings (SSSR count). The lowest BCUT2D eigenvalue weighted by atomic mass is 10.2. The minimum Gasteiger partial charge on any atom is -0.283 e. The minimum atomic E-state index is -3.55. The zero-order valence-corrected chi connectivity index (χ0v) is 16.2. The van der Waals surface area contributed by atoms with E-state index in [1.807, 2.05) is 25.1 Å². The predicted molar refractivity (Wildman–Crippen MR) is 104 cm³/mol. The van der Waals surface area contributed by atoms with Crippen LogP contribution >= 0.6 is 0 Å². The van der Waals surface area contributed by atoms with Crippen LogP contribution in [0.1, 0.15) is 24.0 Å². The van der Waals surface area contributed by atoms with Gasteiger partial charge in [0.25, 0.3) is 0 Å². The van der Waals surface area contributed by atoms with Gasteiger partial charge in [0.15, 0.2) is 0 Å². The normalized spacial score (nSPS) is 17.0. The molecule has 1 heterocycles. The van der Waals surface area contributed by atoms with Gasteiger partial charge in [-0.3, -0.25) is 9.03 Å². The van der Waals surface area contributed by atoms with E-state index in [0.29, 0.717) is 29.9 Å². The number of hydrogen-bond donors (Lipinski definition) is 1. The standard InChI is InChI=1S/C18H22N2O4S2/c1-15-5-4-6-16(13-15)14-25(21,22)19-17-7-9-18(10-8-17)20-11-2-3-12-26(20,23)24/h4-10,13,19H,2-3,11-12,14H2,1H3. The average Bonchev–Trinajstić information content (AvgIpc) is 2.54. The highest BCUT2D eigenvalue weighted by Crippen LogP contribution is 2.25. The van der Waals surface area contributed by atoms with Gasteiger partial charge >= 0.3 is 0 Å². The fraction of sp³-hybridized carbons (Fsp3) is 0.333. The van der Waals surface area contributed by atoms with E-state index in [-0.39, 0.29) is 11.5 Å². The Morgan fingerprint density at radius 1 is 1.08 bits per heavy atom. The lowest BCUT2D eigenvalue weighted by Crippen LogP contribution is -2.37. The van der Waals surface area contributed by atoms with Gasteiger partial charge in [0.2, 0.25) is 20.0 Å². The molecule has 0 atom stereocenters. The molecule has 0 saturated carbocycles. The first-order valence-corrected chi connectivity index (χ1v) is 11.7. The van der Waals surface area contributed by atoms with Crippen LogP contribution in [0.15, 0.2) is 48.5 Å². The number of anilines is 2. The van der Waals surface area contributed by atoms with E-state index in [1.54, 1.807) is 30.3 Å². The third-order valence-corrected chi connectivity index (χ3v) is 7.35. The van der Waals surface area contributed by atoms with E-state index in [9.17, 15) is 16.8 Å². The molecule has 1 fully saturated rings. The van der Waals surface area contributed by atoms with E-state index < -0.39 is 20.0 Å². The second kappa shape index (κ2) is 7.28. The zero-order valence-electron chi connectivity index (χ0n) is 14.6. The van der Waals surface area contributed by atoms with E-state index in [2.05, 4.69) is 4.72 Å². The molecule has 1 aliphatic rings. The molecule has 140 valence electrons. The quantitative estimate of drug-likeness (QED) is 0.845. The number of benzene rings is 2. The first-order valence-electron chi connectivity index (χ1n) is 8.42. The van der Waals surface area contributed by atoms with Crippen LogP contribution in [0, 0.1) is 6.92 Å². The van der Waals surface area contributed by atoms with Crippen LogP contribution in [-0.4, -0.2) is 29.1 Å². The third kappa shape index (κ3) is 4.56. The van der Waals surface area contributed by atoms with Crippen LogP contribution in [0.2, 0.25) is 0 Å². The van der Waals surface area contributed by atoms with Crippen molar-refractivity contribution >= 4 is 31.4 Å². The van der Waals surface area contributed by atoms with Gasteiger partial charge in [0, 0.05) is 12.2 Å². The Bertz CT molecular complexity index is 984. The lowest BCUT2D eigenvalue weighted by Gasteiger charge is -2.28. The van der Waals surface area contributed by atoms with Gasteiger partial charge in [-0.25, -0.2) is 16.8 Å². The molecule has 1 N–H and O–H groups in total. The van der Waals surface area contributed by atoms with Gasteiger partial charge in [-0.05, 0) is 49.6 Å². The molecule has 0 radical (unpaired) electrons. The fourth-order valence-electron chi connectivity index (χ4n) is 3.01. The maximum Gasteiger partial charge on any atom is 0.236 e. The molecule has 0 aliphatic carbocycles. The van der Waals surface area contributed by atoms with Crippen LogP contribution < -0.4 is 9.03 Å². The molecule has 2 aromatic carbocycles. The minimum absolute atomic E-state index is 0.114. The molecule has 1 saturated heterocycles. The van der Waals surface area contributed by atoms with E-state index in [4.69, 9.17) is 0 Å². The highest BCUT2D eigenvalue weighted by molar-refractivity contribution is 7.92. The highest BCUT2D eigenvalue weighted by Gasteiger charge is 2.25. The number of nitrogens with one attached hydrogen (secondary N) is 1. The summed E-state index contributed by atoms with van der Waals surface area (Å²) < 4.78 is 52.9. The topological polar surface area (TPSA) is 83.6 Å². The van der Waals surface area contributed by atoms with Crippen LogP contribution in [-0.2, 0) is 25.8 Å². The Hall–Kier alpha value is -2.06. The molecular formula is C18H22N2O4S2. The summed E-state index contributed by atoms with van der Waals surface area (Å²) in [5, 5.41) is 0. The van der Waals surface area contributed by atoms with Crippen molar-refractivity contribution in [3.63, 3.8) is 0 Å².